The van der Waals surface area contributed by atoms with Crippen molar-refractivity contribution in [3.8, 4) is 0 Å². The minimum Gasteiger partial charge on any atom is -0.388 e. The maximum Gasteiger partial charge on any atom is 0.253 e. The molecule has 0 atom stereocenters. The molecule has 1 aromatic carbocycles. The lowest BCUT2D eigenvalue weighted by Gasteiger charge is -2.32. The molecular formula is C18H22N2O3. The number of benzene rings is 1. The summed E-state index contributed by atoms with van der Waals surface area (Å²) in [4.78, 5) is 17.0. The zero-order valence-electron chi connectivity index (χ0n) is 13.6. The predicted octanol–water partition coefficient (Wildman–Crippen LogP) is 2.12. The van der Waals surface area contributed by atoms with Crippen LogP contribution in [0.2, 0.25) is 0 Å². The Morgan fingerprint density at radius 3 is 2.78 bits per heavy atom. The van der Waals surface area contributed by atoms with Crippen LogP contribution in [0.25, 0.3) is 10.9 Å². The predicted molar refractivity (Wildman–Crippen MR) is 88.6 cm³/mol. The largest absolute Gasteiger partial charge is 0.388 e. The molecule has 0 aliphatic carbocycles. The summed E-state index contributed by atoms with van der Waals surface area (Å²) < 4.78 is 5.25. The van der Waals surface area contributed by atoms with Gasteiger partial charge in [-0.1, -0.05) is 12.1 Å². The highest BCUT2D eigenvalue weighted by atomic mass is 16.5. The molecule has 23 heavy (non-hydrogen) atoms. The van der Waals surface area contributed by atoms with E-state index >= 15 is 0 Å². The number of hydrogen-bond donors (Lipinski definition) is 2. The Bertz CT molecular complexity index is 736. The fourth-order valence-corrected chi connectivity index (χ4v) is 2.87. The number of carbonyl (C=O) groups excluding carboxylic acids is 1. The molecule has 0 spiro atoms. The van der Waals surface area contributed by atoms with E-state index in [4.69, 9.17) is 4.74 Å². The van der Waals surface area contributed by atoms with Crippen LogP contribution < -0.4 is 5.32 Å². The van der Waals surface area contributed by atoms with Crippen LogP contribution in [-0.2, 0) is 4.74 Å². The van der Waals surface area contributed by atoms with Gasteiger partial charge in [0.1, 0.15) is 0 Å². The maximum absolute atomic E-state index is 12.5. The molecule has 3 rings (SSSR count). The number of rotatable bonds is 3. The standard InChI is InChI=1S/C18H22N2O3/c1-12-3-4-14-10-15(13(2)20-16(14)9-12)17(21)19-11-18(22)5-7-23-8-6-18/h3-4,9-10,22H,5-8,11H2,1-2H3,(H,19,21). The van der Waals surface area contributed by atoms with Gasteiger partial charge in [-0.2, -0.15) is 0 Å². The number of amides is 1. The van der Waals surface area contributed by atoms with Crippen molar-refractivity contribution in [1.82, 2.24) is 10.3 Å². The van der Waals surface area contributed by atoms with Gasteiger partial charge in [0.2, 0.25) is 0 Å². The lowest BCUT2D eigenvalue weighted by Crippen LogP contribution is -2.46. The number of fused-ring (bicyclic) bond motifs is 1. The molecule has 2 N–H and O–H groups in total. The second-order valence-corrected chi connectivity index (χ2v) is 6.34. The van der Waals surface area contributed by atoms with E-state index in [9.17, 15) is 9.90 Å². The number of pyridine rings is 1. The topological polar surface area (TPSA) is 71.5 Å². The first-order valence-electron chi connectivity index (χ1n) is 7.93. The zero-order valence-corrected chi connectivity index (χ0v) is 13.6. The van der Waals surface area contributed by atoms with Crippen molar-refractivity contribution < 1.29 is 14.6 Å². The first-order valence-corrected chi connectivity index (χ1v) is 7.93. The highest BCUT2D eigenvalue weighted by Crippen LogP contribution is 2.21. The van der Waals surface area contributed by atoms with Crippen LogP contribution in [-0.4, -0.2) is 41.4 Å². The summed E-state index contributed by atoms with van der Waals surface area (Å²) in [5, 5.41) is 14.2. The minimum absolute atomic E-state index is 0.197. The molecule has 1 fully saturated rings. The van der Waals surface area contributed by atoms with Gasteiger partial charge < -0.3 is 15.2 Å². The molecule has 0 bridgehead atoms. The Kier molecular flexibility index (Phi) is 4.33. The molecule has 0 radical (unpaired) electrons. The Hall–Kier alpha value is -1.98. The Morgan fingerprint density at radius 1 is 1.30 bits per heavy atom. The van der Waals surface area contributed by atoms with Crippen molar-refractivity contribution in [2.75, 3.05) is 19.8 Å². The van der Waals surface area contributed by atoms with Gasteiger partial charge in [0.15, 0.2) is 0 Å². The van der Waals surface area contributed by atoms with Crippen LogP contribution in [0, 0.1) is 13.8 Å². The van der Waals surface area contributed by atoms with E-state index in [0.717, 1.165) is 16.5 Å². The van der Waals surface area contributed by atoms with Gasteiger partial charge in [0.25, 0.3) is 5.91 Å². The van der Waals surface area contributed by atoms with Crippen LogP contribution in [0.3, 0.4) is 0 Å². The number of hydrogen-bond acceptors (Lipinski definition) is 4. The SMILES string of the molecule is Cc1ccc2cc(C(=O)NCC3(O)CCOCC3)c(C)nc2c1. The molecule has 0 unspecified atom stereocenters. The third-order valence-corrected chi connectivity index (χ3v) is 4.41. The smallest absolute Gasteiger partial charge is 0.253 e. The Balaban J connectivity index is 1.77. The van der Waals surface area contributed by atoms with Crippen molar-refractivity contribution in [2.24, 2.45) is 0 Å². The van der Waals surface area contributed by atoms with Crippen LogP contribution in [0.4, 0.5) is 0 Å². The summed E-state index contributed by atoms with van der Waals surface area (Å²) in [5.41, 5.74) is 2.41. The van der Waals surface area contributed by atoms with Crippen molar-refractivity contribution in [3.63, 3.8) is 0 Å². The van der Waals surface area contributed by atoms with Crippen molar-refractivity contribution in [2.45, 2.75) is 32.3 Å². The molecule has 2 heterocycles. The summed E-state index contributed by atoms with van der Waals surface area (Å²) >= 11 is 0. The number of ether oxygens (including phenoxy) is 1. The van der Waals surface area contributed by atoms with Crippen LogP contribution in [0.15, 0.2) is 24.3 Å². The van der Waals surface area contributed by atoms with Gasteiger partial charge in [-0.25, -0.2) is 0 Å². The lowest BCUT2D eigenvalue weighted by molar-refractivity contribution is -0.0605. The molecule has 1 saturated heterocycles. The Labute approximate surface area is 135 Å². The normalized spacial score (nSPS) is 17.2. The molecule has 1 amide bonds. The second kappa shape index (κ2) is 6.26. The van der Waals surface area contributed by atoms with E-state index in [1.54, 1.807) is 0 Å². The average molecular weight is 314 g/mol. The van der Waals surface area contributed by atoms with E-state index in [2.05, 4.69) is 10.3 Å². The van der Waals surface area contributed by atoms with Gasteiger partial charge in [0, 0.05) is 38.0 Å². The zero-order chi connectivity index (χ0) is 16.4. The summed E-state index contributed by atoms with van der Waals surface area (Å²) in [6.07, 6.45) is 1.09. The minimum atomic E-state index is -0.872. The lowest BCUT2D eigenvalue weighted by atomic mass is 9.94. The fourth-order valence-electron chi connectivity index (χ4n) is 2.87. The number of nitrogens with zero attached hydrogens (tertiary/aromatic N) is 1. The van der Waals surface area contributed by atoms with Crippen LogP contribution >= 0.6 is 0 Å². The third kappa shape index (κ3) is 3.51. The fraction of sp³-hybridized carbons (Fsp3) is 0.444. The summed E-state index contributed by atoms with van der Waals surface area (Å²) in [7, 11) is 0. The highest BCUT2D eigenvalue weighted by molar-refractivity contribution is 5.98. The van der Waals surface area contributed by atoms with E-state index in [-0.39, 0.29) is 12.5 Å². The quantitative estimate of drug-likeness (QED) is 0.910. The van der Waals surface area contributed by atoms with Crippen molar-refractivity contribution in [1.29, 1.82) is 0 Å². The van der Waals surface area contributed by atoms with Gasteiger partial charge in [0.05, 0.1) is 22.4 Å². The van der Waals surface area contributed by atoms with Gasteiger partial charge in [-0.05, 0) is 31.5 Å². The molecule has 5 heteroatoms. The van der Waals surface area contributed by atoms with Crippen molar-refractivity contribution in [3.05, 3.63) is 41.1 Å². The molecular weight excluding hydrogens is 292 g/mol. The van der Waals surface area contributed by atoms with Gasteiger partial charge in [-0.15, -0.1) is 0 Å². The van der Waals surface area contributed by atoms with E-state index in [0.29, 0.717) is 37.3 Å². The number of carbonyl (C=O) groups is 1. The first-order chi connectivity index (χ1) is 11.0. The number of aliphatic hydroxyl groups is 1. The first kappa shape index (κ1) is 15.9. The second-order valence-electron chi connectivity index (χ2n) is 6.34. The van der Waals surface area contributed by atoms with Crippen molar-refractivity contribution >= 4 is 16.8 Å². The highest BCUT2D eigenvalue weighted by Gasteiger charge is 2.30. The number of aryl methyl sites for hydroxylation is 2. The van der Waals surface area contributed by atoms with Crippen LogP contribution in [0.1, 0.15) is 34.5 Å². The molecule has 1 aliphatic heterocycles. The molecule has 0 saturated carbocycles. The van der Waals surface area contributed by atoms with Gasteiger partial charge in [-0.3, -0.25) is 9.78 Å². The molecule has 122 valence electrons. The van der Waals surface area contributed by atoms with Crippen LogP contribution in [0.5, 0.6) is 0 Å². The van der Waals surface area contributed by atoms with E-state index < -0.39 is 5.60 Å². The maximum atomic E-state index is 12.5. The Morgan fingerprint density at radius 2 is 2.04 bits per heavy atom. The molecule has 1 aromatic heterocycles. The molecule has 5 nitrogen and oxygen atoms in total. The summed E-state index contributed by atoms with van der Waals surface area (Å²) in [5.74, 6) is -0.197. The molecule has 2 aromatic rings. The van der Waals surface area contributed by atoms with E-state index in [1.807, 2.05) is 38.1 Å². The number of nitrogens with one attached hydrogen (secondary N) is 1. The average Bonchev–Trinajstić information content (AvgIpc) is 2.52. The molecule has 1 aliphatic rings. The van der Waals surface area contributed by atoms with Gasteiger partial charge >= 0.3 is 0 Å². The van der Waals surface area contributed by atoms with E-state index in [1.165, 1.54) is 0 Å². The third-order valence-electron chi connectivity index (χ3n) is 4.41. The number of aromatic nitrogens is 1. The summed E-state index contributed by atoms with van der Waals surface area (Å²) in [6.45, 7) is 5.15. The monoisotopic (exact) mass is 314 g/mol. The summed E-state index contributed by atoms with van der Waals surface area (Å²) in [6, 6.07) is 7.85.